The van der Waals surface area contributed by atoms with Crippen molar-refractivity contribution in [2.45, 2.75) is 63.6 Å². The molecule has 0 spiro atoms. The lowest BCUT2D eigenvalue weighted by Gasteiger charge is -2.38. The van der Waals surface area contributed by atoms with Crippen molar-refractivity contribution in [1.82, 2.24) is 15.5 Å². The van der Waals surface area contributed by atoms with Gasteiger partial charge in [-0.3, -0.25) is 4.90 Å². The largest absolute Gasteiger partial charge is 0.467 e. The van der Waals surface area contributed by atoms with Gasteiger partial charge in [0.25, 0.3) is 0 Å². The molecule has 2 amide bonds. The van der Waals surface area contributed by atoms with E-state index in [0.717, 1.165) is 52.0 Å². The Kier molecular flexibility index (Phi) is 14.3. The van der Waals surface area contributed by atoms with Crippen LogP contribution in [0.5, 0.6) is 0 Å². The van der Waals surface area contributed by atoms with E-state index in [9.17, 15) is 14.7 Å². The van der Waals surface area contributed by atoms with Gasteiger partial charge in [-0.05, 0) is 56.6 Å². The zero-order valence-corrected chi connectivity index (χ0v) is 33.3. The molecule has 9 heteroatoms. The van der Waals surface area contributed by atoms with Gasteiger partial charge in [-0.25, -0.2) is 9.59 Å². The number of carbonyl (C=O) groups is 2. The molecule has 3 N–H and O–H groups in total. The number of aliphatic hydroxyl groups excluding tert-OH is 1. The third-order valence-electron chi connectivity index (χ3n) is 10.5. The zero-order chi connectivity index (χ0) is 40.8. The van der Waals surface area contributed by atoms with E-state index in [4.69, 9.17) is 14.2 Å². The molecule has 0 radical (unpaired) electrons. The van der Waals surface area contributed by atoms with Crippen LogP contribution in [0.25, 0.3) is 11.1 Å². The van der Waals surface area contributed by atoms with Crippen LogP contribution in [-0.4, -0.2) is 47.8 Å². The zero-order valence-electron chi connectivity index (χ0n) is 33.3. The lowest BCUT2D eigenvalue weighted by atomic mass is 9.98. The molecule has 59 heavy (non-hydrogen) atoms. The first-order valence-electron chi connectivity index (χ1n) is 20.1. The number of amides is 2. The molecule has 1 aliphatic rings. The third kappa shape index (κ3) is 11.7. The van der Waals surface area contributed by atoms with Crippen molar-refractivity contribution in [1.29, 1.82) is 0 Å². The van der Waals surface area contributed by atoms with Gasteiger partial charge >= 0.3 is 12.0 Å². The highest BCUT2D eigenvalue weighted by Crippen LogP contribution is 2.39. The molecule has 1 saturated heterocycles. The Hall–Kier alpha value is -6.10. The Bertz CT molecular complexity index is 2200. The summed E-state index contributed by atoms with van der Waals surface area (Å²) in [6, 6.07) is 53.5. The van der Waals surface area contributed by atoms with Gasteiger partial charge in [-0.2, -0.15) is 0 Å². The van der Waals surface area contributed by atoms with Crippen LogP contribution in [0.15, 0.2) is 164 Å². The van der Waals surface area contributed by atoms with Crippen molar-refractivity contribution in [2.24, 2.45) is 0 Å². The highest BCUT2D eigenvalue weighted by Gasteiger charge is 2.33. The maximum Gasteiger partial charge on any atom is 0.328 e. The van der Waals surface area contributed by atoms with Crippen LogP contribution < -0.4 is 10.6 Å². The molecule has 0 bridgehead atoms. The number of urea groups is 1. The number of benzene rings is 6. The molecule has 6 aromatic rings. The van der Waals surface area contributed by atoms with Crippen LogP contribution in [-0.2, 0) is 51.7 Å². The second kappa shape index (κ2) is 20.5. The minimum absolute atomic E-state index is 0.0179. The average molecular weight is 790 g/mol. The molecule has 6 aromatic carbocycles. The summed E-state index contributed by atoms with van der Waals surface area (Å²) >= 11 is 0. The number of nitrogens with zero attached hydrogens (tertiary/aromatic N) is 1. The van der Waals surface area contributed by atoms with E-state index < -0.39 is 24.3 Å². The number of hydrogen-bond acceptors (Lipinski definition) is 7. The lowest BCUT2D eigenvalue weighted by molar-refractivity contribution is -0.253. The van der Waals surface area contributed by atoms with Crippen LogP contribution >= 0.6 is 0 Å². The third-order valence-corrected chi connectivity index (χ3v) is 10.5. The van der Waals surface area contributed by atoms with E-state index in [2.05, 4.69) is 76.2 Å². The topological polar surface area (TPSA) is 109 Å². The Labute approximate surface area is 346 Å². The van der Waals surface area contributed by atoms with Gasteiger partial charge in [0.2, 0.25) is 0 Å². The average Bonchev–Trinajstić information content (AvgIpc) is 3.29. The molecule has 4 unspecified atom stereocenters. The molecule has 0 saturated carbocycles. The first-order valence-corrected chi connectivity index (χ1v) is 20.1. The molecule has 1 fully saturated rings. The summed E-state index contributed by atoms with van der Waals surface area (Å²) in [6.07, 6.45) is -0.00184. The monoisotopic (exact) mass is 789 g/mol. The number of esters is 1. The summed E-state index contributed by atoms with van der Waals surface area (Å²) in [4.78, 5) is 27.9. The molecule has 4 atom stereocenters. The number of hydrogen-bond donors (Lipinski definition) is 3. The Morgan fingerprint density at radius 1 is 0.678 bits per heavy atom. The smallest absolute Gasteiger partial charge is 0.328 e. The normalized spacial score (nSPS) is 16.9. The van der Waals surface area contributed by atoms with E-state index >= 15 is 0 Å². The van der Waals surface area contributed by atoms with Crippen LogP contribution in [0.2, 0.25) is 0 Å². The van der Waals surface area contributed by atoms with E-state index in [1.54, 1.807) is 0 Å². The molecule has 1 heterocycles. The predicted octanol–water partition coefficient (Wildman–Crippen LogP) is 8.68. The quantitative estimate of drug-likeness (QED) is 0.0843. The number of methoxy groups -OCH3 is 1. The van der Waals surface area contributed by atoms with Gasteiger partial charge in [-0.1, -0.05) is 152 Å². The van der Waals surface area contributed by atoms with Gasteiger partial charge in [-0.15, -0.1) is 0 Å². The molecule has 0 aromatic heterocycles. The fourth-order valence-corrected chi connectivity index (χ4v) is 7.49. The van der Waals surface area contributed by atoms with Gasteiger partial charge in [0, 0.05) is 44.6 Å². The number of rotatable bonds is 16. The van der Waals surface area contributed by atoms with Crippen LogP contribution in [0.1, 0.15) is 57.8 Å². The summed E-state index contributed by atoms with van der Waals surface area (Å²) in [7, 11) is 1.31. The van der Waals surface area contributed by atoms with Gasteiger partial charge in [0.1, 0.15) is 6.04 Å². The number of aliphatic hydroxyl groups is 1. The number of nitrogens with one attached hydrogen (secondary N) is 2. The molecule has 9 nitrogen and oxygen atoms in total. The lowest BCUT2D eigenvalue weighted by Crippen LogP contribution is -2.47. The fourth-order valence-electron chi connectivity index (χ4n) is 7.49. The van der Waals surface area contributed by atoms with Gasteiger partial charge < -0.3 is 30.0 Å². The van der Waals surface area contributed by atoms with Gasteiger partial charge in [0.15, 0.2) is 6.29 Å². The van der Waals surface area contributed by atoms with Crippen LogP contribution in [0.4, 0.5) is 4.79 Å². The van der Waals surface area contributed by atoms with E-state index in [0.29, 0.717) is 19.4 Å². The highest BCUT2D eigenvalue weighted by atomic mass is 16.7. The standard InChI is InChI=1S/C50H51N3O6/c1-57-48(55)46(28-36-13-5-2-6-14-36)52-50(56)51-31-40-19-11-20-42(27-40)43-21-12-22-44(29-43)49-58-45(30-47(59-49)41-25-23-39(35-54)24-26-41)34-53(32-37-15-7-3-8-16-37)33-38-17-9-4-10-18-38/h2-27,29,45-47,49,54H,28,30-35H2,1H3,(H2,51,52,56). The van der Waals surface area contributed by atoms with Crippen molar-refractivity contribution in [3.63, 3.8) is 0 Å². The van der Waals surface area contributed by atoms with Crippen LogP contribution in [0, 0.1) is 0 Å². The second-order valence-electron chi connectivity index (χ2n) is 14.9. The molecule has 1 aliphatic heterocycles. The highest BCUT2D eigenvalue weighted by molar-refractivity contribution is 5.83. The number of ether oxygens (including phenoxy) is 3. The molecule has 302 valence electrons. The maximum atomic E-state index is 13.0. The number of carbonyl (C=O) groups excluding carboxylic acids is 2. The van der Waals surface area contributed by atoms with Gasteiger partial charge in [0.05, 0.1) is 25.9 Å². The minimum atomic E-state index is -0.824. The Morgan fingerprint density at radius 3 is 1.90 bits per heavy atom. The van der Waals surface area contributed by atoms with Crippen molar-refractivity contribution in [2.75, 3.05) is 13.7 Å². The van der Waals surface area contributed by atoms with Crippen molar-refractivity contribution in [3.8, 4) is 11.1 Å². The van der Waals surface area contributed by atoms with E-state index in [1.807, 2.05) is 103 Å². The van der Waals surface area contributed by atoms with Crippen molar-refractivity contribution >= 4 is 12.0 Å². The first kappa shape index (κ1) is 41.1. The van der Waals surface area contributed by atoms with E-state index in [-0.39, 0.29) is 25.4 Å². The summed E-state index contributed by atoms with van der Waals surface area (Å²) in [5.41, 5.74) is 9.04. The second-order valence-corrected chi connectivity index (χ2v) is 14.9. The minimum Gasteiger partial charge on any atom is -0.467 e. The molecule has 7 rings (SSSR count). The fraction of sp³-hybridized carbons (Fsp3) is 0.240. The summed E-state index contributed by atoms with van der Waals surface area (Å²) in [5.74, 6) is -0.509. The van der Waals surface area contributed by atoms with Crippen molar-refractivity contribution in [3.05, 3.63) is 203 Å². The summed E-state index contributed by atoms with van der Waals surface area (Å²) < 4.78 is 18.6. The molecule has 0 aliphatic carbocycles. The first-order chi connectivity index (χ1) is 28.9. The predicted molar refractivity (Wildman–Crippen MR) is 229 cm³/mol. The summed E-state index contributed by atoms with van der Waals surface area (Å²) in [6.45, 7) is 2.49. The summed E-state index contributed by atoms with van der Waals surface area (Å²) in [5, 5.41) is 15.4. The molecular weight excluding hydrogens is 739 g/mol. The van der Waals surface area contributed by atoms with Crippen molar-refractivity contribution < 1.29 is 28.9 Å². The van der Waals surface area contributed by atoms with E-state index in [1.165, 1.54) is 18.2 Å². The SMILES string of the molecule is COC(=O)C(Cc1ccccc1)NC(=O)NCc1cccc(-c2cccc(C3OC(CN(Cc4ccccc4)Cc4ccccc4)CC(c4ccc(CO)cc4)O3)c2)c1. The van der Waals surface area contributed by atoms with Crippen LogP contribution in [0.3, 0.4) is 0 Å². The maximum absolute atomic E-state index is 13.0. The Morgan fingerprint density at radius 2 is 1.27 bits per heavy atom. The Balaban J connectivity index is 1.07. The molecular formula is C50H51N3O6.